The van der Waals surface area contributed by atoms with Gasteiger partial charge in [0, 0.05) is 50.5 Å². The average Bonchev–Trinajstić information content (AvgIpc) is 3.67. The second-order valence-electron chi connectivity index (χ2n) is 10.1. The van der Waals surface area contributed by atoms with Crippen molar-refractivity contribution in [2.45, 2.75) is 24.4 Å². The second-order valence-corrected chi connectivity index (χ2v) is 10.1. The molecule has 2 aromatic carbocycles. The number of amidine groups is 1. The maximum absolute atomic E-state index is 13.0. The quantitative estimate of drug-likeness (QED) is 0.220. The monoisotopic (exact) mass is 559 g/mol. The summed E-state index contributed by atoms with van der Waals surface area (Å²) in [5.74, 6) is 0.542. The fourth-order valence-corrected chi connectivity index (χ4v) is 5.09. The first-order valence-electron chi connectivity index (χ1n) is 13.4. The zero-order valence-electron chi connectivity index (χ0n) is 23.2. The van der Waals surface area contributed by atoms with Crippen molar-refractivity contribution in [1.82, 2.24) is 20.1 Å². The van der Waals surface area contributed by atoms with Crippen LogP contribution in [0.15, 0.2) is 60.8 Å². The Hall–Kier alpha value is -4.64. The molecule has 0 radical (unpaired) electrons. The van der Waals surface area contributed by atoms with Crippen LogP contribution in [-0.2, 0) is 9.53 Å². The number of fused-ring (bicyclic) bond motifs is 1. The molecule has 0 atom stereocenters. The number of rotatable bonds is 8. The zero-order chi connectivity index (χ0) is 29.1. The molecule has 0 saturated carbocycles. The van der Waals surface area contributed by atoms with Gasteiger partial charge in [-0.15, -0.1) is 0 Å². The van der Waals surface area contributed by atoms with Crippen LogP contribution in [0.4, 0.5) is 4.79 Å². The number of benzene rings is 2. The molecular weight excluding hydrogens is 526 g/mol. The van der Waals surface area contributed by atoms with Crippen LogP contribution < -0.4 is 20.1 Å². The van der Waals surface area contributed by atoms with Crippen LogP contribution in [0.1, 0.15) is 34.7 Å². The summed E-state index contributed by atoms with van der Waals surface area (Å²) in [6, 6.07) is 12.3. The summed E-state index contributed by atoms with van der Waals surface area (Å²) >= 11 is 0. The highest BCUT2D eigenvalue weighted by molar-refractivity contribution is 6.11. The van der Waals surface area contributed by atoms with Crippen molar-refractivity contribution < 1.29 is 28.6 Å². The summed E-state index contributed by atoms with van der Waals surface area (Å²) in [6.45, 7) is 1.46. The van der Waals surface area contributed by atoms with Gasteiger partial charge in [0.25, 0.3) is 5.91 Å². The van der Waals surface area contributed by atoms with Crippen LogP contribution in [0, 0.1) is 5.41 Å². The molecule has 11 nitrogen and oxygen atoms in total. The Labute approximate surface area is 237 Å². The topological polar surface area (TPSA) is 135 Å². The third-order valence-corrected chi connectivity index (χ3v) is 7.55. The first kappa shape index (κ1) is 27.9. The first-order chi connectivity index (χ1) is 19.8. The van der Waals surface area contributed by atoms with Crippen LogP contribution in [0.5, 0.6) is 11.5 Å². The van der Waals surface area contributed by atoms with Crippen molar-refractivity contribution >= 4 is 34.6 Å². The Morgan fingerprint density at radius 2 is 1.73 bits per heavy atom. The van der Waals surface area contributed by atoms with E-state index >= 15 is 0 Å². The molecular formula is C30H33N5O6. The molecule has 2 aliphatic rings. The molecule has 1 aliphatic heterocycles. The summed E-state index contributed by atoms with van der Waals surface area (Å²) in [6.07, 6.45) is 6.72. The Bertz CT molecular complexity index is 1510. The molecule has 1 aliphatic carbocycles. The van der Waals surface area contributed by atoms with E-state index in [4.69, 9.17) is 19.6 Å². The molecule has 41 heavy (non-hydrogen) atoms. The Kier molecular flexibility index (Phi) is 7.80. The number of aromatic nitrogens is 1. The fraction of sp³-hybridized carbons (Fsp3) is 0.333. The zero-order valence-corrected chi connectivity index (χ0v) is 23.2. The maximum atomic E-state index is 13.0. The summed E-state index contributed by atoms with van der Waals surface area (Å²) in [5.41, 5.74) is 0.987. The SMILES string of the molecule is CNC(=O)n1ccc2cc(OC3(C(=N)NC(=O)c4ccc(C5CCN(C(=O)COC)CC5)cc4)C=C3)c(OC)cc21. The van der Waals surface area contributed by atoms with Gasteiger partial charge in [0.15, 0.2) is 17.3 Å². The highest BCUT2D eigenvalue weighted by atomic mass is 16.5. The van der Waals surface area contributed by atoms with E-state index < -0.39 is 11.5 Å². The predicted octanol–water partition coefficient (Wildman–Crippen LogP) is 3.28. The van der Waals surface area contributed by atoms with E-state index in [0.29, 0.717) is 41.6 Å². The van der Waals surface area contributed by atoms with Gasteiger partial charge < -0.3 is 29.7 Å². The molecule has 0 bridgehead atoms. The fourth-order valence-electron chi connectivity index (χ4n) is 5.09. The lowest BCUT2D eigenvalue weighted by Gasteiger charge is -2.32. The lowest BCUT2D eigenvalue weighted by molar-refractivity contribution is -0.136. The molecule has 1 saturated heterocycles. The van der Waals surface area contributed by atoms with E-state index in [0.717, 1.165) is 23.8 Å². The van der Waals surface area contributed by atoms with Gasteiger partial charge in [-0.25, -0.2) is 4.79 Å². The second kappa shape index (κ2) is 11.5. The summed E-state index contributed by atoms with van der Waals surface area (Å²) in [7, 11) is 4.57. The smallest absolute Gasteiger partial charge is 0.325 e. The van der Waals surface area contributed by atoms with Crippen molar-refractivity contribution in [2.24, 2.45) is 0 Å². The van der Waals surface area contributed by atoms with E-state index in [1.807, 2.05) is 17.0 Å². The van der Waals surface area contributed by atoms with Gasteiger partial charge in [-0.2, -0.15) is 0 Å². The van der Waals surface area contributed by atoms with Crippen LogP contribution in [-0.4, -0.2) is 79.7 Å². The molecule has 0 unspecified atom stereocenters. The number of hydrogen-bond acceptors (Lipinski definition) is 7. The summed E-state index contributed by atoms with van der Waals surface area (Å²) in [4.78, 5) is 39.0. The third kappa shape index (κ3) is 5.66. The number of methoxy groups -OCH3 is 2. The van der Waals surface area contributed by atoms with Gasteiger partial charge in [0.2, 0.25) is 11.5 Å². The molecule has 1 aromatic heterocycles. The number of hydrogen-bond donors (Lipinski definition) is 3. The van der Waals surface area contributed by atoms with Gasteiger partial charge in [-0.3, -0.25) is 19.6 Å². The number of ether oxygens (including phenoxy) is 3. The third-order valence-electron chi connectivity index (χ3n) is 7.55. The predicted molar refractivity (Wildman–Crippen MR) is 153 cm³/mol. The van der Waals surface area contributed by atoms with Gasteiger partial charge in [0.1, 0.15) is 6.61 Å². The largest absolute Gasteiger partial charge is 0.493 e. The number of amides is 3. The molecule has 1 fully saturated rings. The molecule has 5 rings (SSSR count). The van der Waals surface area contributed by atoms with Gasteiger partial charge >= 0.3 is 6.03 Å². The lowest BCUT2D eigenvalue weighted by atomic mass is 9.89. The first-order valence-corrected chi connectivity index (χ1v) is 13.4. The normalized spacial score (nSPS) is 15.8. The van der Waals surface area contributed by atoms with Crippen LogP contribution in [0.25, 0.3) is 10.9 Å². The molecule has 214 valence electrons. The minimum absolute atomic E-state index is 0.00596. The van der Waals surface area contributed by atoms with E-state index in [1.165, 1.54) is 18.8 Å². The highest BCUT2D eigenvalue weighted by Crippen LogP contribution is 2.39. The van der Waals surface area contributed by atoms with Crippen molar-refractivity contribution in [3.8, 4) is 11.5 Å². The average molecular weight is 560 g/mol. The lowest BCUT2D eigenvalue weighted by Crippen LogP contribution is -2.44. The van der Waals surface area contributed by atoms with Crippen molar-refractivity contribution in [3.63, 3.8) is 0 Å². The van der Waals surface area contributed by atoms with Crippen molar-refractivity contribution in [1.29, 1.82) is 5.41 Å². The van der Waals surface area contributed by atoms with Crippen molar-refractivity contribution in [2.75, 3.05) is 41.0 Å². The number of carbonyl (C=O) groups excluding carboxylic acids is 3. The number of nitrogens with zero attached hydrogens (tertiary/aromatic N) is 2. The van der Waals surface area contributed by atoms with Gasteiger partial charge in [0.05, 0.1) is 12.6 Å². The Morgan fingerprint density at radius 3 is 2.34 bits per heavy atom. The summed E-state index contributed by atoms with van der Waals surface area (Å²) < 4.78 is 18.1. The number of carbonyl (C=O) groups is 3. The molecule has 3 N–H and O–H groups in total. The highest BCUT2D eigenvalue weighted by Gasteiger charge is 2.43. The minimum Gasteiger partial charge on any atom is -0.493 e. The molecule has 11 heteroatoms. The van der Waals surface area contributed by atoms with Gasteiger partial charge in [-0.1, -0.05) is 12.1 Å². The van der Waals surface area contributed by atoms with Crippen LogP contribution >= 0.6 is 0 Å². The standard InChI is InChI=1S/C30H33N5O6/c1-32-29(38)35-15-10-22-16-25(24(40-3)17-23(22)35)41-30(11-12-30)28(31)33-27(37)21-6-4-19(5-7-21)20-8-13-34(14-9-20)26(36)18-39-2/h4-7,10-12,15-17,20H,8-9,13-14,18H2,1-3H3,(H,32,38)(H2,31,33,37). The van der Waals surface area contributed by atoms with E-state index in [1.54, 1.807) is 55.7 Å². The molecule has 3 aromatic rings. The van der Waals surface area contributed by atoms with Crippen molar-refractivity contribution in [3.05, 3.63) is 71.9 Å². The van der Waals surface area contributed by atoms with Gasteiger partial charge in [-0.05, 0) is 60.7 Å². The van der Waals surface area contributed by atoms with E-state index in [-0.39, 0.29) is 24.4 Å². The molecule has 0 spiro atoms. The Balaban J connectivity index is 1.22. The van der Waals surface area contributed by atoms with E-state index in [2.05, 4.69) is 10.6 Å². The summed E-state index contributed by atoms with van der Waals surface area (Å²) in [5, 5.41) is 14.6. The number of piperidine rings is 1. The number of nitrogens with one attached hydrogen (secondary N) is 3. The molecule has 3 amide bonds. The maximum Gasteiger partial charge on any atom is 0.325 e. The Morgan fingerprint density at radius 1 is 1.02 bits per heavy atom. The van der Waals surface area contributed by atoms with Crippen LogP contribution in [0.3, 0.4) is 0 Å². The van der Waals surface area contributed by atoms with E-state index in [9.17, 15) is 14.4 Å². The van der Waals surface area contributed by atoms with Crippen LogP contribution in [0.2, 0.25) is 0 Å². The molecule has 2 heterocycles. The minimum atomic E-state index is -1.20. The number of likely N-dealkylation sites (tertiary alicyclic amines) is 1.